The van der Waals surface area contributed by atoms with Crippen molar-refractivity contribution in [2.45, 2.75) is 52.0 Å². The van der Waals surface area contributed by atoms with Gasteiger partial charge in [-0.05, 0) is 60.1 Å². The molecule has 2 aromatic carbocycles. The minimum absolute atomic E-state index is 0.0634. The van der Waals surface area contributed by atoms with Crippen molar-refractivity contribution < 1.29 is 21.7 Å². The number of hydrogen-bond donors (Lipinski definition) is 0. The van der Waals surface area contributed by atoms with Gasteiger partial charge in [-0.2, -0.15) is 8.42 Å². The van der Waals surface area contributed by atoms with Crippen LogP contribution in [-0.4, -0.2) is 20.8 Å². The van der Waals surface area contributed by atoms with Crippen LogP contribution in [0.4, 0.5) is 4.39 Å². The zero-order valence-electron chi connectivity index (χ0n) is 15.2. The van der Waals surface area contributed by atoms with Crippen LogP contribution >= 0.6 is 0 Å². The number of ether oxygens (including phenoxy) is 1. The number of benzene rings is 2. The molecule has 0 atom stereocenters. The first-order valence-corrected chi connectivity index (χ1v) is 10.8. The molecule has 0 unspecified atom stereocenters. The highest BCUT2D eigenvalue weighted by Gasteiger charge is 2.21. The van der Waals surface area contributed by atoms with Gasteiger partial charge in [-0.15, -0.1) is 0 Å². The molecule has 0 saturated heterocycles. The smallest absolute Gasteiger partial charge is 0.264 e. The van der Waals surface area contributed by atoms with Crippen molar-refractivity contribution in [3.05, 3.63) is 41.5 Å². The molecule has 142 valence electrons. The van der Waals surface area contributed by atoms with Crippen LogP contribution in [-0.2, 0) is 27.6 Å². The van der Waals surface area contributed by atoms with E-state index in [1.807, 2.05) is 18.2 Å². The SMILES string of the molecule is CS(=O)(=O)OCc1ccc2ccc(O[C@H]3CC[C@@H](C)CC3)c(CF)c2c1. The molecule has 0 heterocycles. The summed E-state index contributed by atoms with van der Waals surface area (Å²) < 4.78 is 47.2. The summed E-state index contributed by atoms with van der Waals surface area (Å²) in [7, 11) is -3.52. The van der Waals surface area contributed by atoms with E-state index in [0.29, 0.717) is 16.9 Å². The predicted octanol–water partition coefficient (Wildman–Crippen LogP) is 4.74. The first-order chi connectivity index (χ1) is 12.4. The van der Waals surface area contributed by atoms with E-state index < -0.39 is 16.8 Å². The fourth-order valence-corrected chi connectivity index (χ4v) is 3.80. The van der Waals surface area contributed by atoms with Gasteiger partial charge in [0.05, 0.1) is 19.0 Å². The molecule has 1 fully saturated rings. The molecule has 2 aromatic rings. The number of halogens is 1. The van der Waals surface area contributed by atoms with Gasteiger partial charge < -0.3 is 4.74 Å². The average molecular weight is 380 g/mol. The minimum Gasteiger partial charge on any atom is -0.490 e. The van der Waals surface area contributed by atoms with Gasteiger partial charge in [-0.25, -0.2) is 4.39 Å². The second-order valence-corrected chi connectivity index (χ2v) is 8.84. The number of rotatable bonds is 6. The van der Waals surface area contributed by atoms with Crippen LogP contribution in [0.15, 0.2) is 30.3 Å². The molecule has 6 heteroatoms. The summed E-state index contributed by atoms with van der Waals surface area (Å²) in [4.78, 5) is 0. The Bertz CT molecular complexity index is 871. The molecule has 1 aliphatic carbocycles. The van der Waals surface area contributed by atoms with Gasteiger partial charge in [0.25, 0.3) is 10.1 Å². The average Bonchev–Trinajstić information content (AvgIpc) is 2.61. The van der Waals surface area contributed by atoms with E-state index in [2.05, 4.69) is 6.92 Å². The van der Waals surface area contributed by atoms with Gasteiger partial charge in [0.2, 0.25) is 0 Å². The van der Waals surface area contributed by atoms with Gasteiger partial charge in [-0.1, -0.05) is 25.1 Å². The molecule has 0 spiro atoms. The molecule has 0 N–H and O–H groups in total. The number of fused-ring (bicyclic) bond motifs is 1. The van der Waals surface area contributed by atoms with E-state index in [0.717, 1.165) is 48.6 Å². The first-order valence-electron chi connectivity index (χ1n) is 8.97. The van der Waals surface area contributed by atoms with Gasteiger partial charge in [0.1, 0.15) is 12.4 Å². The summed E-state index contributed by atoms with van der Waals surface area (Å²) in [5, 5.41) is 1.63. The van der Waals surface area contributed by atoms with Crippen LogP contribution < -0.4 is 4.74 Å². The van der Waals surface area contributed by atoms with Crippen LogP contribution in [0.3, 0.4) is 0 Å². The van der Waals surface area contributed by atoms with Crippen molar-refractivity contribution in [3.8, 4) is 5.75 Å². The molecule has 3 rings (SSSR count). The van der Waals surface area contributed by atoms with Crippen LogP contribution in [0.25, 0.3) is 10.8 Å². The summed E-state index contributed by atoms with van der Waals surface area (Å²) in [6, 6.07) is 9.17. The summed E-state index contributed by atoms with van der Waals surface area (Å²) in [6.07, 6.45) is 5.40. The molecule has 0 aliphatic heterocycles. The molecular formula is C20H25FO4S. The number of hydrogen-bond acceptors (Lipinski definition) is 4. The second kappa shape index (κ2) is 7.92. The van der Waals surface area contributed by atoms with Crippen molar-refractivity contribution in [2.24, 2.45) is 5.92 Å². The third-order valence-corrected chi connectivity index (χ3v) is 5.53. The normalized spacial score (nSPS) is 21.0. The van der Waals surface area contributed by atoms with Gasteiger partial charge in [-0.3, -0.25) is 4.18 Å². The summed E-state index contributed by atoms with van der Waals surface area (Å²) in [5.41, 5.74) is 1.20. The maximum Gasteiger partial charge on any atom is 0.264 e. The van der Waals surface area contributed by atoms with Gasteiger partial charge in [0, 0.05) is 5.56 Å². The third kappa shape index (κ3) is 4.74. The van der Waals surface area contributed by atoms with E-state index in [1.165, 1.54) is 0 Å². The minimum atomic E-state index is -3.52. The maximum atomic E-state index is 13.8. The van der Waals surface area contributed by atoms with Crippen molar-refractivity contribution in [1.82, 2.24) is 0 Å². The zero-order valence-corrected chi connectivity index (χ0v) is 16.0. The Kier molecular flexibility index (Phi) is 5.82. The van der Waals surface area contributed by atoms with E-state index in [1.54, 1.807) is 12.1 Å². The standard InChI is InChI=1S/C20H25FO4S/c1-14-3-8-17(9-4-14)25-20-10-7-16-6-5-15(13-24-26(2,22)23)11-18(16)19(20)12-21/h5-7,10-11,14,17H,3-4,8-9,12-13H2,1-2H3/t14-,17+. The maximum absolute atomic E-state index is 13.8. The lowest BCUT2D eigenvalue weighted by atomic mass is 9.89. The third-order valence-electron chi connectivity index (χ3n) is 4.98. The summed E-state index contributed by atoms with van der Waals surface area (Å²) in [6.45, 7) is 1.55. The number of alkyl halides is 1. The van der Waals surface area contributed by atoms with E-state index in [-0.39, 0.29) is 12.7 Å². The Morgan fingerprint density at radius 2 is 1.81 bits per heavy atom. The monoisotopic (exact) mass is 380 g/mol. The van der Waals surface area contributed by atoms with Crippen molar-refractivity contribution >= 4 is 20.9 Å². The predicted molar refractivity (Wildman–Crippen MR) is 100 cm³/mol. The molecular weight excluding hydrogens is 355 g/mol. The molecule has 1 saturated carbocycles. The van der Waals surface area contributed by atoms with Gasteiger partial charge in [0.15, 0.2) is 0 Å². The van der Waals surface area contributed by atoms with Crippen molar-refractivity contribution in [1.29, 1.82) is 0 Å². The molecule has 0 bridgehead atoms. The summed E-state index contributed by atoms with van der Waals surface area (Å²) >= 11 is 0. The van der Waals surface area contributed by atoms with Crippen LogP contribution in [0.2, 0.25) is 0 Å². The molecule has 0 aromatic heterocycles. The van der Waals surface area contributed by atoms with Gasteiger partial charge >= 0.3 is 0 Å². The van der Waals surface area contributed by atoms with E-state index in [4.69, 9.17) is 8.92 Å². The molecule has 26 heavy (non-hydrogen) atoms. The fourth-order valence-electron chi connectivity index (χ4n) is 3.45. The highest BCUT2D eigenvalue weighted by molar-refractivity contribution is 7.85. The lowest BCUT2D eigenvalue weighted by Gasteiger charge is -2.27. The topological polar surface area (TPSA) is 52.6 Å². The Balaban J connectivity index is 1.87. The second-order valence-electron chi connectivity index (χ2n) is 7.20. The van der Waals surface area contributed by atoms with E-state index >= 15 is 0 Å². The van der Waals surface area contributed by atoms with Crippen LogP contribution in [0.5, 0.6) is 5.75 Å². The largest absolute Gasteiger partial charge is 0.490 e. The van der Waals surface area contributed by atoms with Crippen LogP contribution in [0.1, 0.15) is 43.7 Å². The Labute approximate surface area is 154 Å². The fraction of sp³-hybridized carbons (Fsp3) is 0.500. The quantitative estimate of drug-likeness (QED) is 0.679. The van der Waals surface area contributed by atoms with E-state index in [9.17, 15) is 12.8 Å². The van der Waals surface area contributed by atoms with Crippen molar-refractivity contribution in [3.63, 3.8) is 0 Å². The lowest BCUT2D eigenvalue weighted by Crippen LogP contribution is -2.23. The molecule has 0 amide bonds. The molecule has 1 aliphatic rings. The zero-order chi connectivity index (χ0) is 18.7. The molecule has 0 radical (unpaired) electrons. The Morgan fingerprint density at radius 3 is 2.46 bits per heavy atom. The first kappa shape index (κ1) is 19.1. The Morgan fingerprint density at radius 1 is 1.12 bits per heavy atom. The van der Waals surface area contributed by atoms with Crippen LogP contribution in [0, 0.1) is 5.92 Å². The Hall–Kier alpha value is -1.66. The highest BCUT2D eigenvalue weighted by atomic mass is 32.2. The van der Waals surface area contributed by atoms with Crippen molar-refractivity contribution in [2.75, 3.05) is 6.26 Å². The summed E-state index contributed by atoms with van der Waals surface area (Å²) in [5.74, 6) is 1.31. The highest BCUT2D eigenvalue weighted by Crippen LogP contribution is 2.33. The lowest BCUT2D eigenvalue weighted by molar-refractivity contribution is 0.133. The molecule has 4 nitrogen and oxygen atoms in total.